The lowest BCUT2D eigenvalue weighted by atomic mass is 10.1. The van der Waals surface area contributed by atoms with Crippen LogP contribution >= 0.6 is 11.3 Å². The van der Waals surface area contributed by atoms with Crippen molar-refractivity contribution in [2.75, 3.05) is 18.4 Å². The SMILES string of the molecule is CC(C)Cc1nnc(NC2CCNCC2)s1. The van der Waals surface area contributed by atoms with Crippen LogP contribution in [0.4, 0.5) is 5.13 Å². The molecule has 4 nitrogen and oxygen atoms in total. The molecule has 2 N–H and O–H groups in total. The minimum atomic E-state index is 0.570. The lowest BCUT2D eigenvalue weighted by molar-refractivity contribution is 0.478. The molecule has 0 spiro atoms. The predicted molar refractivity (Wildman–Crippen MR) is 68.0 cm³/mol. The van der Waals surface area contributed by atoms with Crippen LogP contribution in [0.2, 0.25) is 0 Å². The smallest absolute Gasteiger partial charge is 0.205 e. The Hall–Kier alpha value is -0.680. The average molecular weight is 240 g/mol. The van der Waals surface area contributed by atoms with Gasteiger partial charge in [-0.25, -0.2) is 0 Å². The molecular weight excluding hydrogens is 220 g/mol. The summed E-state index contributed by atoms with van der Waals surface area (Å²) in [5.74, 6) is 0.652. The topological polar surface area (TPSA) is 49.8 Å². The molecule has 2 heterocycles. The van der Waals surface area contributed by atoms with Crippen molar-refractivity contribution < 1.29 is 0 Å². The number of hydrogen-bond donors (Lipinski definition) is 2. The van der Waals surface area contributed by atoms with Crippen molar-refractivity contribution in [1.29, 1.82) is 0 Å². The molecule has 90 valence electrons. The van der Waals surface area contributed by atoms with Gasteiger partial charge in [-0.3, -0.25) is 0 Å². The molecule has 0 atom stereocenters. The minimum Gasteiger partial charge on any atom is -0.357 e. The quantitative estimate of drug-likeness (QED) is 0.844. The highest BCUT2D eigenvalue weighted by atomic mass is 32.1. The first-order valence-corrected chi connectivity index (χ1v) is 6.85. The number of piperidine rings is 1. The van der Waals surface area contributed by atoms with E-state index < -0.39 is 0 Å². The van der Waals surface area contributed by atoms with Crippen molar-refractivity contribution in [3.8, 4) is 0 Å². The lowest BCUT2D eigenvalue weighted by Gasteiger charge is -2.22. The van der Waals surface area contributed by atoms with E-state index in [2.05, 4.69) is 34.7 Å². The van der Waals surface area contributed by atoms with Gasteiger partial charge in [0.15, 0.2) is 0 Å². The molecule has 0 amide bonds. The van der Waals surface area contributed by atoms with Crippen molar-refractivity contribution in [2.45, 2.75) is 39.2 Å². The zero-order chi connectivity index (χ0) is 11.4. The fraction of sp³-hybridized carbons (Fsp3) is 0.818. The maximum Gasteiger partial charge on any atom is 0.205 e. The summed E-state index contributed by atoms with van der Waals surface area (Å²) in [5.41, 5.74) is 0. The van der Waals surface area contributed by atoms with Crippen LogP contribution in [-0.2, 0) is 6.42 Å². The zero-order valence-corrected chi connectivity index (χ0v) is 10.8. The molecule has 0 aromatic carbocycles. The van der Waals surface area contributed by atoms with Crippen molar-refractivity contribution >= 4 is 16.5 Å². The van der Waals surface area contributed by atoms with E-state index in [-0.39, 0.29) is 0 Å². The Bertz CT molecular complexity index is 318. The Morgan fingerprint density at radius 2 is 2.12 bits per heavy atom. The molecule has 1 saturated heterocycles. The second kappa shape index (κ2) is 5.59. The van der Waals surface area contributed by atoms with E-state index in [0.29, 0.717) is 12.0 Å². The van der Waals surface area contributed by atoms with Crippen molar-refractivity contribution in [1.82, 2.24) is 15.5 Å². The fourth-order valence-corrected chi connectivity index (χ4v) is 2.91. The number of nitrogens with one attached hydrogen (secondary N) is 2. The van der Waals surface area contributed by atoms with Crippen LogP contribution in [0.5, 0.6) is 0 Å². The molecule has 1 fully saturated rings. The van der Waals surface area contributed by atoms with Gasteiger partial charge in [0.25, 0.3) is 0 Å². The Labute approximate surface area is 101 Å². The van der Waals surface area contributed by atoms with Crippen LogP contribution in [0.3, 0.4) is 0 Å². The lowest BCUT2D eigenvalue weighted by Crippen LogP contribution is -2.35. The first-order valence-electron chi connectivity index (χ1n) is 6.03. The number of nitrogens with zero attached hydrogens (tertiary/aromatic N) is 2. The van der Waals surface area contributed by atoms with Crippen LogP contribution in [0.25, 0.3) is 0 Å². The third kappa shape index (κ3) is 3.42. The fourth-order valence-electron chi connectivity index (χ4n) is 1.88. The van der Waals surface area contributed by atoms with E-state index in [1.807, 2.05) is 0 Å². The molecule has 1 aromatic rings. The van der Waals surface area contributed by atoms with Crippen molar-refractivity contribution in [3.63, 3.8) is 0 Å². The summed E-state index contributed by atoms with van der Waals surface area (Å²) in [6.45, 7) is 6.63. The summed E-state index contributed by atoms with van der Waals surface area (Å²) < 4.78 is 0. The third-order valence-electron chi connectivity index (χ3n) is 2.72. The summed E-state index contributed by atoms with van der Waals surface area (Å²) >= 11 is 1.70. The molecule has 1 aromatic heterocycles. The number of aromatic nitrogens is 2. The van der Waals surface area contributed by atoms with E-state index in [4.69, 9.17) is 0 Å². The summed E-state index contributed by atoms with van der Waals surface area (Å²) in [4.78, 5) is 0. The number of hydrogen-bond acceptors (Lipinski definition) is 5. The van der Waals surface area contributed by atoms with E-state index >= 15 is 0 Å². The summed E-state index contributed by atoms with van der Waals surface area (Å²) in [6.07, 6.45) is 3.39. The molecule has 2 rings (SSSR count). The summed E-state index contributed by atoms with van der Waals surface area (Å²) in [6, 6.07) is 0.570. The molecule has 0 unspecified atom stereocenters. The van der Waals surface area contributed by atoms with Crippen LogP contribution in [0.1, 0.15) is 31.7 Å². The molecule has 1 aliphatic heterocycles. The first-order chi connectivity index (χ1) is 7.74. The van der Waals surface area contributed by atoms with Gasteiger partial charge in [-0.2, -0.15) is 0 Å². The molecule has 0 bridgehead atoms. The molecule has 16 heavy (non-hydrogen) atoms. The van der Waals surface area contributed by atoms with E-state index in [1.54, 1.807) is 11.3 Å². The normalized spacial score (nSPS) is 17.9. The molecular formula is C11H20N4S. The maximum atomic E-state index is 4.21. The minimum absolute atomic E-state index is 0.570. The van der Waals surface area contributed by atoms with Gasteiger partial charge in [0.1, 0.15) is 5.01 Å². The highest BCUT2D eigenvalue weighted by Gasteiger charge is 2.14. The van der Waals surface area contributed by atoms with Gasteiger partial charge in [-0.1, -0.05) is 25.2 Å². The van der Waals surface area contributed by atoms with Crippen LogP contribution in [0, 0.1) is 5.92 Å². The molecule has 1 aliphatic rings. The van der Waals surface area contributed by atoms with E-state index in [1.165, 1.54) is 12.8 Å². The van der Waals surface area contributed by atoms with Gasteiger partial charge >= 0.3 is 0 Å². The second-order valence-electron chi connectivity index (χ2n) is 4.77. The zero-order valence-electron chi connectivity index (χ0n) is 9.99. The van der Waals surface area contributed by atoms with Crippen LogP contribution < -0.4 is 10.6 Å². The van der Waals surface area contributed by atoms with Crippen LogP contribution in [0.15, 0.2) is 0 Å². The molecule has 0 radical (unpaired) electrons. The Kier molecular flexibility index (Phi) is 4.12. The Morgan fingerprint density at radius 3 is 2.81 bits per heavy atom. The summed E-state index contributed by atoms with van der Waals surface area (Å²) in [7, 11) is 0. The van der Waals surface area contributed by atoms with Gasteiger partial charge in [0.05, 0.1) is 0 Å². The Morgan fingerprint density at radius 1 is 1.38 bits per heavy atom. The number of anilines is 1. The largest absolute Gasteiger partial charge is 0.357 e. The maximum absolute atomic E-state index is 4.21. The van der Waals surface area contributed by atoms with Gasteiger partial charge in [-0.05, 0) is 31.8 Å². The van der Waals surface area contributed by atoms with E-state index in [9.17, 15) is 0 Å². The van der Waals surface area contributed by atoms with Crippen LogP contribution in [-0.4, -0.2) is 29.3 Å². The second-order valence-corrected chi connectivity index (χ2v) is 5.83. The van der Waals surface area contributed by atoms with Crippen molar-refractivity contribution in [3.05, 3.63) is 5.01 Å². The summed E-state index contributed by atoms with van der Waals surface area (Å²) in [5, 5.41) is 17.4. The standard InChI is InChI=1S/C11H20N4S/c1-8(2)7-10-14-15-11(16-10)13-9-3-5-12-6-4-9/h8-9,12H,3-7H2,1-2H3,(H,13,15). The highest BCUT2D eigenvalue weighted by molar-refractivity contribution is 7.15. The van der Waals surface area contributed by atoms with Gasteiger partial charge < -0.3 is 10.6 Å². The average Bonchev–Trinajstić information content (AvgIpc) is 2.66. The van der Waals surface area contributed by atoms with Gasteiger partial charge in [0, 0.05) is 12.5 Å². The highest BCUT2D eigenvalue weighted by Crippen LogP contribution is 2.20. The number of rotatable bonds is 4. The predicted octanol–water partition coefficient (Wildman–Crippen LogP) is 1.90. The monoisotopic (exact) mass is 240 g/mol. The van der Waals surface area contributed by atoms with Gasteiger partial charge in [0.2, 0.25) is 5.13 Å². The van der Waals surface area contributed by atoms with Crippen molar-refractivity contribution in [2.24, 2.45) is 5.92 Å². The van der Waals surface area contributed by atoms with Gasteiger partial charge in [-0.15, -0.1) is 10.2 Å². The molecule has 0 aliphatic carbocycles. The molecule has 0 saturated carbocycles. The molecule has 5 heteroatoms. The Balaban J connectivity index is 1.86. The first kappa shape index (κ1) is 11.8. The third-order valence-corrected chi connectivity index (χ3v) is 3.59. The van der Waals surface area contributed by atoms with E-state index in [0.717, 1.165) is 29.6 Å².